The van der Waals surface area contributed by atoms with Crippen molar-refractivity contribution in [2.75, 3.05) is 0 Å². The van der Waals surface area contributed by atoms with Crippen molar-refractivity contribution in [2.45, 2.75) is 72.6 Å². The summed E-state index contributed by atoms with van der Waals surface area (Å²) in [5.74, 6) is 2.11. The van der Waals surface area contributed by atoms with E-state index in [0.717, 1.165) is 65.0 Å². The summed E-state index contributed by atoms with van der Waals surface area (Å²) in [7, 11) is 0. The maximum Gasteiger partial charge on any atom is 2.00 e. The van der Waals surface area contributed by atoms with Crippen molar-refractivity contribution in [3.63, 3.8) is 0 Å². The second kappa shape index (κ2) is 14.2. The fourth-order valence-electron chi connectivity index (χ4n) is 6.67. The number of hydrogen-bond donors (Lipinski definition) is 0. The van der Waals surface area contributed by atoms with Crippen LogP contribution >= 0.6 is 0 Å². The van der Waals surface area contributed by atoms with E-state index in [-0.39, 0.29) is 26.5 Å². The molecule has 0 spiro atoms. The van der Waals surface area contributed by atoms with Crippen LogP contribution in [0.3, 0.4) is 0 Å². The van der Waals surface area contributed by atoms with Gasteiger partial charge in [0.25, 0.3) is 0 Å². The van der Waals surface area contributed by atoms with Crippen molar-refractivity contribution in [2.24, 2.45) is 0 Å². The van der Waals surface area contributed by atoms with E-state index in [2.05, 4.69) is 125 Å². The molecule has 0 radical (unpaired) electrons. The van der Waals surface area contributed by atoms with E-state index in [9.17, 15) is 0 Å². The van der Waals surface area contributed by atoms with Gasteiger partial charge in [0, 0.05) is 34.5 Å². The molecule has 7 rings (SSSR count). The summed E-state index contributed by atoms with van der Waals surface area (Å²) in [4.78, 5) is 4.85. The summed E-state index contributed by atoms with van der Waals surface area (Å²) in [6, 6.07) is 38.9. The summed E-state index contributed by atoms with van der Waals surface area (Å²) in [6.07, 6.45) is 5.74. The maximum absolute atomic E-state index is 6.51. The van der Waals surface area contributed by atoms with E-state index in [1.807, 2.05) is 35.1 Å². The van der Waals surface area contributed by atoms with Gasteiger partial charge in [0.2, 0.25) is 0 Å². The SMILES string of the molecule is CCCc1ccc2c(c1)c1ccc(Oc3[c-]c(-n4nc(CC)c(-c5ccccc5)c4CC)ccc3)[c-]c1n2-c1cc(C(C)(C)C)ccn1.[Pt+2]. The first-order valence-electron chi connectivity index (χ1n) is 17.1. The van der Waals surface area contributed by atoms with Gasteiger partial charge in [-0.2, -0.15) is 17.2 Å². The Balaban J connectivity index is 0.00000417. The molecule has 0 aliphatic heterocycles. The van der Waals surface area contributed by atoms with Gasteiger partial charge >= 0.3 is 21.1 Å². The summed E-state index contributed by atoms with van der Waals surface area (Å²) in [6.45, 7) is 13.3. The van der Waals surface area contributed by atoms with Crippen LogP contribution in [0.25, 0.3) is 44.4 Å². The zero-order chi connectivity index (χ0) is 33.4. The van der Waals surface area contributed by atoms with Crippen molar-refractivity contribution in [1.82, 2.24) is 19.3 Å². The zero-order valence-electron chi connectivity index (χ0n) is 29.1. The van der Waals surface area contributed by atoms with Crippen molar-refractivity contribution >= 4 is 21.8 Å². The van der Waals surface area contributed by atoms with Crippen molar-refractivity contribution in [3.8, 4) is 34.1 Å². The number of ether oxygens (including phenoxy) is 1. The predicted octanol–water partition coefficient (Wildman–Crippen LogP) is 10.8. The van der Waals surface area contributed by atoms with Gasteiger partial charge in [0.05, 0.1) is 5.69 Å². The molecule has 0 bridgehead atoms. The third-order valence-corrected chi connectivity index (χ3v) is 9.08. The smallest absolute Gasteiger partial charge is 0.509 e. The molecule has 0 unspecified atom stereocenters. The van der Waals surface area contributed by atoms with Crippen LogP contribution in [0.15, 0.2) is 97.2 Å². The van der Waals surface area contributed by atoms with Gasteiger partial charge in [0.1, 0.15) is 5.82 Å². The molecule has 0 amide bonds. The predicted molar refractivity (Wildman–Crippen MR) is 197 cm³/mol. The number of hydrogen-bond acceptors (Lipinski definition) is 3. The van der Waals surface area contributed by atoms with Crippen LogP contribution in [0.4, 0.5) is 0 Å². The Labute approximate surface area is 304 Å². The maximum atomic E-state index is 6.51. The Morgan fingerprint density at radius 3 is 2.31 bits per heavy atom. The van der Waals surface area contributed by atoms with Crippen molar-refractivity contribution in [3.05, 3.63) is 132 Å². The van der Waals surface area contributed by atoms with Crippen LogP contribution in [0.5, 0.6) is 11.5 Å². The summed E-state index contributed by atoms with van der Waals surface area (Å²) < 4.78 is 10.8. The fraction of sp³-hybridized carbons (Fsp3) is 0.256. The molecule has 0 saturated heterocycles. The Hall–Kier alpha value is -4.47. The Morgan fingerprint density at radius 2 is 1.57 bits per heavy atom. The van der Waals surface area contributed by atoms with Gasteiger partial charge in [-0.3, -0.25) is 4.68 Å². The van der Waals surface area contributed by atoms with Gasteiger partial charge < -0.3 is 9.30 Å². The number of pyridine rings is 1. The van der Waals surface area contributed by atoms with Gasteiger partial charge in [-0.1, -0.05) is 95.9 Å². The second-order valence-corrected chi connectivity index (χ2v) is 13.4. The summed E-state index contributed by atoms with van der Waals surface area (Å²) in [5, 5.41) is 7.38. The largest absolute Gasteiger partial charge is 2.00 e. The molecule has 0 aliphatic carbocycles. The van der Waals surface area contributed by atoms with E-state index in [4.69, 9.17) is 14.8 Å². The molecule has 0 saturated carbocycles. The molecular formula is C43H42N4OPt. The molecule has 0 fully saturated rings. The Morgan fingerprint density at radius 1 is 0.776 bits per heavy atom. The quantitative estimate of drug-likeness (QED) is 0.136. The standard InChI is InChI=1S/C43H42N4O.Pt/c1-7-14-29-19-22-39-36(25-29)35-21-20-34(28-40(35)46(39)41-26-31(23-24-44-41)43(4,5)6)48-33-18-13-17-32(27-33)47-38(9-3)42(37(8-2)45-47)30-15-11-10-12-16-30;/h10-13,15-26H,7-9,14H2,1-6H3;/q-2;+2. The van der Waals surface area contributed by atoms with Crippen LogP contribution in [-0.4, -0.2) is 19.3 Å². The molecule has 4 aromatic carbocycles. The second-order valence-electron chi connectivity index (χ2n) is 13.4. The van der Waals surface area contributed by atoms with Gasteiger partial charge in [-0.15, -0.1) is 35.7 Å². The first-order valence-corrected chi connectivity index (χ1v) is 17.1. The van der Waals surface area contributed by atoms with Crippen LogP contribution in [0.2, 0.25) is 0 Å². The van der Waals surface area contributed by atoms with Crippen LogP contribution in [-0.2, 0) is 45.7 Å². The number of nitrogens with zero attached hydrogens (tertiary/aromatic N) is 4. The van der Waals surface area contributed by atoms with Gasteiger partial charge in [-0.25, -0.2) is 4.98 Å². The number of benzene rings is 4. The molecule has 5 nitrogen and oxygen atoms in total. The molecule has 0 aliphatic rings. The molecule has 7 aromatic rings. The number of rotatable bonds is 9. The minimum Gasteiger partial charge on any atom is -0.509 e. The van der Waals surface area contributed by atoms with Crippen LogP contribution in [0, 0.1) is 12.1 Å². The minimum absolute atomic E-state index is 0. The van der Waals surface area contributed by atoms with E-state index >= 15 is 0 Å². The van der Waals surface area contributed by atoms with Crippen molar-refractivity contribution in [1.29, 1.82) is 0 Å². The third kappa shape index (κ3) is 6.62. The molecule has 6 heteroatoms. The average Bonchev–Trinajstić information content (AvgIpc) is 3.64. The van der Waals surface area contributed by atoms with Crippen LogP contribution < -0.4 is 4.74 Å². The molecule has 3 heterocycles. The van der Waals surface area contributed by atoms with Crippen molar-refractivity contribution < 1.29 is 25.8 Å². The fourth-order valence-corrected chi connectivity index (χ4v) is 6.67. The molecular weight excluding hydrogens is 784 g/mol. The first kappa shape index (κ1) is 34.4. The molecule has 250 valence electrons. The Bertz CT molecular complexity index is 2240. The van der Waals surface area contributed by atoms with E-state index in [0.29, 0.717) is 11.5 Å². The van der Waals surface area contributed by atoms with E-state index in [1.54, 1.807) is 0 Å². The minimum atomic E-state index is -0.00441. The van der Waals surface area contributed by atoms with Gasteiger partial charge in [0.15, 0.2) is 0 Å². The molecule has 49 heavy (non-hydrogen) atoms. The zero-order valence-corrected chi connectivity index (χ0v) is 31.4. The summed E-state index contributed by atoms with van der Waals surface area (Å²) in [5.41, 5.74) is 10.1. The van der Waals surface area contributed by atoms with E-state index < -0.39 is 0 Å². The molecule has 0 atom stereocenters. The number of fused-ring (bicyclic) bond motifs is 3. The molecule has 0 N–H and O–H groups in total. The topological polar surface area (TPSA) is 44.9 Å². The van der Waals surface area contributed by atoms with Crippen LogP contribution in [0.1, 0.15) is 70.5 Å². The first-order chi connectivity index (χ1) is 23.3. The summed E-state index contributed by atoms with van der Waals surface area (Å²) >= 11 is 0. The Kier molecular flexibility index (Phi) is 9.95. The molecule has 3 aromatic heterocycles. The third-order valence-electron chi connectivity index (χ3n) is 9.08. The average molecular weight is 826 g/mol. The van der Waals surface area contributed by atoms with E-state index in [1.165, 1.54) is 27.6 Å². The van der Waals surface area contributed by atoms with Gasteiger partial charge in [-0.05, 0) is 70.6 Å². The normalized spacial score (nSPS) is 11.6. The number of aryl methyl sites for hydroxylation is 2. The monoisotopic (exact) mass is 825 g/mol. The number of aromatic nitrogens is 4.